The summed E-state index contributed by atoms with van der Waals surface area (Å²) in [5.74, 6) is 0. The highest BCUT2D eigenvalue weighted by Crippen LogP contribution is 2.11. The van der Waals surface area contributed by atoms with Gasteiger partial charge >= 0.3 is 0 Å². The molecule has 1 rings (SSSR count). The molecule has 0 unspecified atom stereocenters. The summed E-state index contributed by atoms with van der Waals surface area (Å²) in [4.78, 5) is 0. The van der Waals surface area contributed by atoms with E-state index in [9.17, 15) is 0 Å². The van der Waals surface area contributed by atoms with Gasteiger partial charge in [-0.1, -0.05) is 19.2 Å². The molecular formula is C7H14OSi. The lowest BCUT2D eigenvalue weighted by molar-refractivity contribution is 0.215. The molecule has 0 saturated carbocycles. The standard InChI is InChI=1S/C7H14OSi/c1-9(2)7-5-3-4-6-8-7/h5,9H,3-4,6H2,1-2H3. The molecule has 0 aliphatic carbocycles. The molecule has 1 nitrogen and oxygen atoms in total. The molecule has 0 fully saturated rings. The van der Waals surface area contributed by atoms with E-state index in [1.54, 1.807) is 0 Å². The molecule has 0 aromatic carbocycles. The molecule has 0 atom stereocenters. The van der Waals surface area contributed by atoms with Crippen molar-refractivity contribution in [1.82, 2.24) is 0 Å². The summed E-state index contributed by atoms with van der Waals surface area (Å²) >= 11 is 0. The van der Waals surface area contributed by atoms with E-state index >= 15 is 0 Å². The maximum absolute atomic E-state index is 5.46. The van der Waals surface area contributed by atoms with E-state index in [1.807, 2.05) is 0 Å². The molecule has 1 heterocycles. The van der Waals surface area contributed by atoms with Crippen molar-refractivity contribution in [2.24, 2.45) is 0 Å². The zero-order chi connectivity index (χ0) is 6.69. The van der Waals surface area contributed by atoms with Crippen molar-refractivity contribution < 1.29 is 4.74 Å². The van der Waals surface area contributed by atoms with Gasteiger partial charge in [-0.05, 0) is 12.8 Å². The minimum Gasteiger partial charge on any atom is -0.504 e. The van der Waals surface area contributed by atoms with Gasteiger partial charge in [0.25, 0.3) is 0 Å². The molecule has 1 aliphatic rings. The second-order valence-electron chi connectivity index (χ2n) is 2.75. The maximum atomic E-state index is 5.46. The number of hydrogen-bond acceptors (Lipinski definition) is 1. The zero-order valence-electron chi connectivity index (χ0n) is 6.18. The van der Waals surface area contributed by atoms with E-state index in [4.69, 9.17) is 4.74 Å². The lowest BCUT2D eigenvalue weighted by Crippen LogP contribution is -2.13. The van der Waals surface area contributed by atoms with Crippen LogP contribution in [0.1, 0.15) is 12.8 Å². The molecule has 0 spiro atoms. The second kappa shape index (κ2) is 3.06. The van der Waals surface area contributed by atoms with Gasteiger partial charge in [0, 0.05) is 0 Å². The van der Waals surface area contributed by atoms with Gasteiger partial charge in [-0.15, -0.1) is 0 Å². The van der Waals surface area contributed by atoms with Crippen LogP contribution in [0.4, 0.5) is 0 Å². The van der Waals surface area contributed by atoms with Crippen LogP contribution in [-0.4, -0.2) is 15.4 Å². The highest BCUT2D eigenvalue weighted by Gasteiger charge is 2.07. The number of rotatable bonds is 1. The molecule has 9 heavy (non-hydrogen) atoms. The molecule has 0 amide bonds. The van der Waals surface area contributed by atoms with Gasteiger partial charge in [0.05, 0.1) is 12.0 Å². The van der Waals surface area contributed by atoms with E-state index in [0.29, 0.717) is 0 Å². The normalized spacial score (nSPS) is 19.2. The summed E-state index contributed by atoms with van der Waals surface area (Å²) in [7, 11) is -0.613. The fourth-order valence-corrected chi connectivity index (χ4v) is 2.07. The lowest BCUT2D eigenvalue weighted by atomic mass is 10.3. The minimum atomic E-state index is -0.613. The van der Waals surface area contributed by atoms with Crippen LogP contribution in [0.15, 0.2) is 11.5 Å². The van der Waals surface area contributed by atoms with Crippen LogP contribution in [-0.2, 0) is 4.74 Å². The quantitative estimate of drug-likeness (QED) is 0.506. The summed E-state index contributed by atoms with van der Waals surface area (Å²) in [6.45, 7) is 5.56. The highest BCUT2D eigenvalue weighted by molar-refractivity contribution is 6.63. The Kier molecular flexibility index (Phi) is 2.34. The molecule has 1 aliphatic heterocycles. The van der Waals surface area contributed by atoms with Gasteiger partial charge in [-0.3, -0.25) is 0 Å². The molecule has 2 heteroatoms. The maximum Gasteiger partial charge on any atom is 0.109 e. The van der Waals surface area contributed by atoms with Crippen molar-refractivity contribution in [3.8, 4) is 0 Å². The van der Waals surface area contributed by atoms with Gasteiger partial charge in [0.1, 0.15) is 8.80 Å². The number of hydrogen-bond donors (Lipinski definition) is 0. The number of ether oxygens (including phenoxy) is 1. The van der Waals surface area contributed by atoms with Gasteiger partial charge in [0.2, 0.25) is 0 Å². The average Bonchev–Trinajstić information content (AvgIpc) is 1.90. The summed E-state index contributed by atoms with van der Waals surface area (Å²) < 4.78 is 5.46. The molecule has 0 N–H and O–H groups in total. The third-order valence-electron chi connectivity index (χ3n) is 1.53. The Morgan fingerprint density at radius 1 is 1.56 bits per heavy atom. The Bertz CT molecular complexity index is 118. The Hall–Kier alpha value is -0.243. The summed E-state index contributed by atoms with van der Waals surface area (Å²) in [6.07, 6.45) is 4.71. The first-order valence-electron chi connectivity index (χ1n) is 3.63. The van der Waals surface area contributed by atoms with Crippen molar-refractivity contribution in [3.63, 3.8) is 0 Å². The Morgan fingerprint density at radius 2 is 2.33 bits per heavy atom. The highest BCUT2D eigenvalue weighted by atomic mass is 28.3. The molecule has 52 valence electrons. The van der Waals surface area contributed by atoms with Crippen molar-refractivity contribution in [1.29, 1.82) is 0 Å². The largest absolute Gasteiger partial charge is 0.504 e. The van der Waals surface area contributed by atoms with E-state index in [0.717, 1.165) is 6.61 Å². The van der Waals surface area contributed by atoms with E-state index < -0.39 is 8.80 Å². The minimum absolute atomic E-state index is 0.613. The van der Waals surface area contributed by atoms with Crippen molar-refractivity contribution in [2.75, 3.05) is 6.61 Å². The van der Waals surface area contributed by atoms with Gasteiger partial charge < -0.3 is 4.74 Å². The SMILES string of the molecule is C[SiH](C)C1=CCCCO1. The molecule has 0 radical (unpaired) electrons. The predicted octanol–water partition coefficient (Wildman–Crippen LogP) is 1.71. The number of allylic oxidation sites excluding steroid dienone is 1. The van der Waals surface area contributed by atoms with E-state index in [1.165, 1.54) is 18.2 Å². The third-order valence-corrected chi connectivity index (χ3v) is 3.07. The topological polar surface area (TPSA) is 9.23 Å². The zero-order valence-corrected chi connectivity index (χ0v) is 7.34. The first kappa shape index (κ1) is 6.87. The van der Waals surface area contributed by atoms with Crippen LogP contribution in [0, 0.1) is 0 Å². The van der Waals surface area contributed by atoms with Crippen LogP contribution in [0.25, 0.3) is 0 Å². The van der Waals surface area contributed by atoms with Gasteiger partial charge in [0.15, 0.2) is 0 Å². The van der Waals surface area contributed by atoms with Crippen LogP contribution in [0.2, 0.25) is 13.1 Å². The van der Waals surface area contributed by atoms with E-state index in [2.05, 4.69) is 19.2 Å². The average molecular weight is 142 g/mol. The van der Waals surface area contributed by atoms with Crippen LogP contribution in [0.5, 0.6) is 0 Å². The molecule has 0 saturated heterocycles. The first-order valence-corrected chi connectivity index (χ1v) is 6.52. The summed E-state index contributed by atoms with van der Waals surface area (Å²) in [5.41, 5.74) is 0. The Labute approximate surface area is 58.3 Å². The summed E-state index contributed by atoms with van der Waals surface area (Å²) in [6, 6.07) is 0. The Morgan fingerprint density at radius 3 is 2.67 bits per heavy atom. The smallest absolute Gasteiger partial charge is 0.109 e. The van der Waals surface area contributed by atoms with Crippen LogP contribution in [0.3, 0.4) is 0 Å². The first-order chi connectivity index (χ1) is 4.30. The van der Waals surface area contributed by atoms with Gasteiger partial charge in [-0.25, -0.2) is 0 Å². The van der Waals surface area contributed by atoms with Crippen LogP contribution >= 0.6 is 0 Å². The molecule has 0 bridgehead atoms. The van der Waals surface area contributed by atoms with Gasteiger partial charge in [-0.2, -0.15) is 0 Å². The van der Waals surface area contributed by atoms with E-state index in [-0.39, 0.29) is 0 Å². The Balaban J connectivity index is 2.46. The van der Waals surface area contributed by atoms with Crippen molar-refractivity contribution in [2.45, 2.75) is 25.9 Å². The van der Waals surface area contributed by atoms with Crippen LogP contribution < -0.4 is 0 Å². The molecular weight excluding hydrogens is 128 g/mol. The molecule has 0 aromatic rings. The summed E-state index contributed by atoms with van der Waals surface area (Å²) in [5, 5.41) is 1.32. The second-order valence-corrected chi connectivity index (χ2v) is 5.63. The molecule has 0 aromatic heterocycles. The fraction of sp³-hybridized carbons (Fsp3) is 0.714. The lowest BCUT2D eigenvalue weighted by Gasteiger charge is -2.16. The third kappa shape index (κ3) is 1.86. The monoisotopic (exact) mass is 142 g/mol. The van der Waals surface area contributed by atoms with Crippen molar-refractivity contribution in [3.05, 3.63) is 11.5 Å². The fourth-order valence-electron chi connectivity index (χ4n) is 0.979. The van der Waals surface area contributed by atoms with Crippen molar-refractivity contribution >= 4 is 8.80 Å². The predicted molar refractivity (Wildman–Crippen MR) is 42.1 cm³/mol.